The van der Waals surface area contributed by atoms with E-state index in [2.05, 4.69) is 16.3 Å². The molecule has 0 N–H and O–H groups in total. The third kappa shape index (κ3) is 31.7. The number of ether oxygens (including phenoxy) is 1. The molecule has 58 valence electrons. The molecule has 0 heterocycles. The van der Waals surface area contributed by atoms with Crippen molar-refractivity contribution in [2.24, 2.45) is 0 Å². The topological polar surface area (TPSA) is 9.23 Å². The highest BCUT2D eigenvalue weighted by Gasteiger charge is 2.23. The first-order chi connectivity index (χ1) is 3.97. The van der Waals surface area contributed by atoms with Crippen LogP contribution in [0.25, 0.3) is 0 Å². The number of methoxy groups -OCH3 is 1. The highest BCUT2D eigenvalue weighted by molar-refractivity contribution is 6.21. The highest BCUT2D eigenvalue weighted by Crippen LogP contribution is 2.17. The predicted octanol–water partition coefficient (Wildman–Crippen LogP) is 2.05. The van der Waals surface area contributed by atoms with E-state index < -0.39 is 12.1 Å². The number of alkyl halides is 4. The van der Waals surface area contributed by atoms with Gasteiger partial charge < -0.3 is 4.74 Å². The van der Waals surface area contributed by atoms with Crippen LogP contribution in [0.15, 0.2) is 0 Å². The maximum Gasteiger partial charge on any atom is 0.349 e. The van der Waals surface area contributed by atoms with Crippen LogP contribution >= 0.6 is 11.6 Å². The van der Waals surface area contributed by atoms with Crippen molar-refractivity contribution >= 4 is 11.6 Å². The van der Waals surface area contributed by atoms with Crippen molar-refractivity contribution in [1.82, 2.24) is 0 Å². The van der Waals surface area contributed by atoms with Crippen molar-refractivity contribution in [3.63, 3.8) is 0 Å². The number of rotatable bonds is 1. The van der Waals surface area contributed by atoms with Gasteiger partial charge >= 0.3 is 5.38 Å². The van der Waals surface area contributed by atoms with Gasteiger partial charge in [-0.05, 0) is 11.6 Å². The molecule has 0 fully saturated rings. The molecule has 0 aromatic carbocycles. The lowest BCUT2D eigenvalue weighted by Crippen LogP contribution is -2.06. The van der Waals surface area contributed by atoms with Crippen LogP contribution in [0.4, 0.5) is 13.2 Å². The van der Waals surface area contributed by atoms with E-state index >= 15 is 0 Å². The molecule has 0 saturated heterocycles. The summed E-state index contributed by atoms with van der Waals surface area (Å²) in [4.78, 5) is 0. The first-order valence-corrected chi connectivity index (χ1v) is 2.38. The number of hydrogen-bond donors (Lipinski definition) is 0. The van der Waals surface area contributed by atoms with Gasteiger partial charge in [-0.15, -0.1) is 0 Å². The molecule has 0 spiro atoms. The lowest BCUT2D eigenvalue weighted by Gasteiger charge is -1.95. The van der Waals surface area contributed by atoms with Crippen molar-refractivity contribution in [1.29, 1.82) is 0 Å². The van der Waals surface area contributed by atoms with Gasteiger partial charge in [0.05, 0.1) is 0 Å². The van der Waals surface area contributed by atoms with E-state index in [1.54, 1.807) is 14.2 Å². The van der Waals surface area contributed by atoms with Gasteiger partial charge in [0.1, 0.15) is 0 Å². The predicted molar refractivity (Wildman–Crippen MR) is 29.7 cm³/mol. The van der Waals surface area contributed by atoms with Crippen molar-refractivity contribution in [2.75, 3.05) is 20.9 Å². The second kappa shape index (κ2) is 6.16. The SMILES string of the molecule is COC.FCC(F)(F)Cl. The van der Waals surface area contributed by atoms with Gasteiger partial charge in [-0.1, -0.05) is 0 Å². The molecule has 0 aliphatic heterocycles. The molecule has 0 radical (unpaired) electrons. The van der Waals surface area contributed by atoms with Gasteiger partial charge in [0.15, 0.2) is 6.67 Å². The lowest BCUT2D eigenvalue weighted by atomic mass is 10.8. The van der Waals surface area contributed by atoms with Crippen LogP contribution in [0.5, 0.6) is 0 Å². The Bertz CT molecular complexity index is 54.3. The highest BCUT2D eigenvalue weighted by atomic mass is 35.5. The fourth-order valence-corrected chi connectivity index (χ4v) is 0. The molecule has 0 saturated carbocycles. The Morgan fingerprint density at radius 1 is 1.44 bits per heavy atom. The van der Waals surface area contributed by atoms with Crippen LogP contribution in [0.3, 0.4) is 0 Å². The fraction of sp³-hybridized carbons (Fsp3) is 1.00. The monoisotopic (exact) mass is 164 g/mol. The van der Waals surface area contributed by atoms with Crippen molar-refractivity contribution in [2.45, 2.75) is 5.38 Å². The lowest BCUT2D eigenvalue weighted by molar-refractivity contribution is 0.0653. The van der Waals surface area contributed by atoms with Crippen molar-refractivity contribution in [3.8, 4) is 0 Å². The van der Waals surface area contributed by atoms with Gasteiger partial charge in [0.2, 0.25) is 0 Å². The molecule has 0 aliphatic carbocycles. The Morgan fingerprint density at radius 3 is 1.56 bits per heavy atom. The molecule has 0 rings (SSSR count). The first-order valence-electron chi connectivity index (χ1n) is 2.00. The summed E-state index contributed by atoms with van der Waals surface area (Å²) in [6, 6.07) is 0. The zero-order valence-corrected chi connectivity index (χ0v) is 5.88. The summed E-state index contributed by atoms with van der Waals surface area (Å²) in [5, 5.41) is -3.65. The molecule has 5 heteroatoms. The molecule has 0 aliphatic rings. The van der Waals surface area contributed by atoms with Crippen LogP contribution in [0, 0.1) is 0 Å². The smallest absolute Gasteiger partial charge is 0.349 e. The Morgan fingerprint density at radius 2 is 1.56 bits per heavy atom. The largest absolute Gasteiger partial charge is 0.388 e. The molecule has 0 atom stereocenters. The Kier molecular flexibility index (Phi) is 8.08. The van der Waals surface area contributed by atoms with E-state index in [4.69, 9.17) is 0 Å². The zero-order chi connectivity index (χ0) is 7.91. The van der Waals surface area contributed by atoms with Crippen LogP contribution in [-0.4, -0.2) is 26.3 Å². The maximum absolute atomic E-state index is 10.8. The average Bonchev–Trinajstić information content (AvgIpc) is 1.67. The van der Waals surface area contributed by atoms with Gasteiger partial charge in [0, 0.05) is 14.2 Å². The molecule has 0 amide bonds. The molecule has 0 bridgehead atoms. The van der Waals surface area contributed by atoms with Crippen LogP contribution in [0.1, 0.15) is 0 Å². The number of halogens is 4. The standard InChI is InChI=1S/C2H2ClF3.C2H6O/c3-2(5,6)1-4;1-3-2/h1H2;1-2H3. The van der Waals surface area contributed by atoms with Gasteiger partial charge in [-0.3, -0.25) is 0 Å². The van der Waals surface area contributed by atoms with Crippen LogP contribution < -0.4 is 0 Å². The van der Waals surface area contributed by atoms with E-state index in [-0.39, 0.29) is 0 Å². The van der Waals surface area contributed by atoms with E-state index in [1.807, 2.05) is 0 Å². The van der Waals surface area contributed by atoms with E-state index in [1.165, 1.54) is 0 Å². The third-order valence-electron chi connectivity index (χ3n) is 0.152. The van der Waals surface area contributed by atoms with Gasteiger partial charge in [0.25, 0.3) is 0 Å². The molecule has 9 heavy (non-hydrogen) atoms. The molecule has 0 unspecified atom stereocenters. The van der Waals surface area contributed by atoms with E-state index in [0.29, 0.717) is 0 Å². The Hall–Kier alpha value is 0.0400. The fourth-order valence-electron chi connectivity index (χ4n) is 0. The second-order valence-electron chi connectivity index (χ2n) is 1.16. The van der Waals surface area contributed by atoms with E-state index in [9.17, 15) is 13.2 Å². The Balaban J connectivity index is 0. The Labute approximate surface area is 56.8 Å². The minimum atomic E-state index is -3.65. The second-order valence-corrected chi connectivity index (χ2v) is 1.71. The van der Waals surface area contributed by atoms with Gasteiger partial charge in [-0.25, -0.2) is 4.39 Å². The summed E-state index contributed by atoms with van der Waals surface area (Å²) >= 11 is 4.01. The average molecular weight is 165 g/mol. The molecular weight excluding hydrogens is 156 g/mol. The maximum atomic E-state index is 10.8. The van der Waals surface area contributed by atoms with Gasteiger partial charge in [-0.2, -0.15) is 8.78 Å². The summed E-state index contributed by atoms with van der Waals surface area (Å²) in [6.45, 7) is -1.80. The van der Waals surface area contributed by atoms with Crippen LogP contribution in [0.2, 0.25) is 0 Å². The summed E-state index contributed by atoms with van der Waals surface area (Å²) in [6.07, 6.45) is 0. The normalized spacial score (nSPS) is 10.0. The molecule has 1 nitrogen and oxygen atoms in total. The first kappa shape index (κ1) is 11.8. The minimum absolute atomic E-state index is 1.62. The van der Waals surface area contributed by atoms with Crippen LogP contribution in [-0.2, 0) is 4.74 Å². The third-order valence-corrected chi connectivity index (χ3v) is 0.253. The summed E-state index contributed by atoms with van der Waals surface area (Å²) in [7, 11) is 3.25. The van der Waals surface area contributed by atoms with Crippen molar-refractivity contribution < 1.29 is 17.9 Å². The summed E-state index contributed by atoms with van der Waals surface area (Å²) in [5.41, 5.74) is 0. The minimum Gasteiger partial charge on any atom is -0.388 e. The molecular formula is C4H8ClF3O. The number of hydrogen-bond acceptors (Lipinski definition) is 1. The summed E-state index contributed by atoms with van der Waals surface area (Å²) < 4.78 is 36.6. The molecule has 0 aromatic heterocycles. The van der Waals surface area contributed by atoms with E-state index in [0.717, 1.165) is 0 Å². The van der Waals surface area contributed by atoms with Crippen molar-refractivity contribution in [3.05, 3.63) is 0 Å². The summed E-state index contributed by atoms with van der Waals surface area (Å²) in [5.74, 6) is 0. The quantitative estimate of drug-likeness (QED) is 0.539. The zero-order valence-electron chi connectivity index (χ0n) is 5.13. The molecule has 0 aromatic rings.